The van der Waals surface area contributed by atoms with E-state index in [2.05, 4.69) is 10.5 Å². The Morgan fingerprint density at radius 2 is 2.13 bits per heavy atom. The number of benzene rings is 1. The van der Waals surface area contributed by atoms with Crippen LogP contribution in [0.1, 0.15) is 17.7 Å². The Hall–Kier alpha value is -2.31. The zero-order valence-electron chi connectivity index (χ0n) is 12.4. The maximum absolute atomic E-state index is 12.6. The molecule has 0 saturated heterocycles. The first-order valence-corrected chi connectivity index (χ1v) is 7.26. The van der Waals surface area contributed by atoms with Crippen molar-refractivity contribution >= 4 is 11.5 Å². The highest BCUT2D eigenvalue weighted by atomic mass is 19.4. The SMILES string of the molecule is Cc1cc(-c2ccc3c(c2)CCC(C(=O)C(F)(F)F)CN3)no1. The first-order valence-electron chi connectivity index (χ1n) is 7.26. The molecule has 0 aliphatic carbocycles. The maximum Gasteiger partial charge on any atom is 0.450 e. The van der Waals surface area contributed by atoms with E-state index in [1.807, 2.05) is 12.1 Å². The van der Waals surface area contributed by atoms with Crippen LogP contribution in [-0.4, -0.2) is 23.7 Å². The van der Waals surface area contributed by atoms with Crippen LogP contribution in [0.15, 0.2) is 28.8 Å². The molecule has 1 aliphatic rings. The number of nitrogens with zero attached hydrogens (tertiary/aromatic N) is 1. The first-order chi connectivity index (χ1) is 10.8. The molecule has 1 N–H and O–H groups in total. The van der Waals surface area contributed by atoms with Crippen molar-refractivity contribution in [3.05, 3.63) is 35.6 Å². The summed E-state index contributed by atoms with van der Waals surface area (Å²) in [6, 6.07) is 7.30. The second-order valence-corrected chi connectivity index (χ2v) is 5.67. The molecule has 2 aromatic rings. The van der Waals surface area contributed by atoms with Crippen molar-refractivity contribution in [1.82, 2.24) is 5.16 Å². The highest BCUT2D eigenvalue weighted by Crippen LogP contribution is 2.31. The van der Waals surface area contributed by atoms with Gasteiger partial charge in [-0.2, -0.15) is 13.2 Å². The quantitative estimate of drug-likeness (QED) is 0.914. The van der Waals surface area contributed by atoms with Crippen LogP contribution in [0.25, 0.3) is 11.3 Å². The van der Waals surface area contributed by atoms with Crippen molar-refractivity contribution in [1.29, 1.82) is 0 Å². The Morgan fingerprint density at radius 1 is 1.35 bits per heavy atom. The van der Waals surface area contributed by atoms with Gasteiger partial charge in [-0.15, -0.1) is 0 Å². The van der Waals surface area contributed by atoms with Gasteiger partial charge in [0.2, 0.25) is 5.78 Å². The minimum absolute atomic E-state index is 0.00619. The van der Waals surface area contributed by atoms with Crippen molar-refractivity contribution in [2.45, 2.75) is 25.9 Å². The largest absolute Gasteiger partial charge is 0.450 e. The number of halogens is 3. The summed E-state index contributed by atoms with van der Waals surface area (Å²) in [6.07, 6.45) is -4.22. The molecule has 23 heavy (non-hydrogen) atoms. The van der Waals surface area contributed by atoms with E-state index in [1.54, 1.807) is 19.1 Å². The number of alkyl halides is 3. The zero-order valence-corrected chi connectivity index (χ0v) is 12.4. The normalized spacial score (nSPS) is 18.0. The lowest BCUT2D eigenvalue weighted by molar-refractivity contribution is -0.175. The molecule has 1 atom stereocenters. The topological polar surface area (TPSA) is 55.1 Å². The molecule has 0 bridgehead atoms. The Balaban J connectivity index is 1.82. The van der Waals surface area contributed by atoms with Crippen LogP contribution in [0.3, 0.4) is 0 Å². The number of carbonyl (C=O) groups is 1. The molecule has 1 aliphatic heterocycles. The summed E-state index contributed by atoms with van der Waals surface area (Å²) < 4.78 is 42.8. The monoisotopic (exact) mass is 324 g/mol. The van der Waals surface area contributed by atoms with E-state index in [9.17, 15) is 18.0 Å². The van der Waals surface area contributed by atoms with Crippen molar-refractivity contribution in [3.8, 4) is 11.3 Å². The molecule has 3 rings (SSSR count). The zero-order chi connectivity index (χ0) is 16.6. The Labute approximate surface area is 130 Å². The van der Waals surface area contributed by atoms with E-state index in [0.29, 0.717) is 17.9 Å². The summed E-state index contributed by atoms with van der Waals surface area (Å²) in [5, 5.41) is 6.88. The van der Waals surface area contributed by atoms with Crippen LogP contribution in [0.4, 0.5) is 18.9 Å². The average molecular weight is 324 g/mol. The number of rotatable bonds is 2. The van der Waals surface area contributed by atoms with Crippen LogP contribution in [0, 0.1) is 12.8 Å². The molecule has 0 fully saturated rings. The lowest BCUT2D eigenvalue weighted by Gasteiger charge is -2.15. The van der Waals surface area contributed by atoms with Gasteiger partial charge in [-0.3, -0.25) is 4.79 Å². The Bertz CT molecular complexity index is 737. The van der Waals surface area contributed by atoms with Crippen molar-refractivity contribution in [2.24, 2.45) is 5.92 Å². The highest BCUT2D eigenvalue weighted by Gasteiger charge is 2.43. The fourth-order valence-electron chi connectivity index (χ4n) is 2.75. The van der Waals surface area contributed by atoms with Crippen LogP contribution in [0.2, 0.25) is 0 Å². The number of aryl methyl sites for hydroxylation is 2. The minimum Gasteiger partial charge on any atom is -0.384 e. The van der Waals surface area contributed by atoms with Gasteiger partial charge in [0.15, 0.2) is 0 Å². The lowest BCUT2D eigenvalue weighted by Crippen LogP contribution is -2.34. The number of hydrogen-bond acceptors (Lipinski definition) is 4. The van der Waals surface area contributed by atoms with Crippen LogP contribution < -0.4 is 5.32 Å². The summed E-state index contributed by atoms with van der Waals surface area (Å²) in [7, 11) is 0. The van der Waals surface area contributed by atoms with E-state index in [0.717, 1.165) is 16.8 Å². The van der Waals surface area contributed by atoms with Gasteiger partial charge in [0.1, 0.15) is 11.5 Å². The third-order valence-corrected chi connectivity index (χ3v) is 3.98. The van der Waals surface area contributed by atoms with E-state index in [1.165, 1.54) is 0 Å². The van der Waals surface area contributed by atoms with Crippen molar-refractivity contribution in [2.75, 3.05) is 11.9 Å². The van der Waals surface area contributed by atoms with E-state index in [4.69, 9.17) is 4.52 Å². The third-order valence-electron chi connectivity index (χ3n) is 3.98. The van der Waals surface area contributed by atoms with Gasteiger partial charge in [0.05, 0.1) is 0 Å². The standard InChI is InChI=1S/C16H15F3N2O2/c1-9-6-14(21-23-9)11-4-5-13-10(7-11)2-3-12(8-20-13)15(22)16(17,18)19/h4-7,12,20H,2-3,8H2,1H3. The summed E-state index contributed by atoms with van der Waals surface area (Å²) in [5.74, 6) is -2.03. The molecule has 0 amide bonds. The molecule has 1 aromatic carbocycles. The molecule has 0 spiro atoms. The number of Topliss-reactive ketones (excluding diaryl/α,β-unsaturated/α-hetero) is 1. The first kappa shape index (κ1) is 15.6. The predicted octanol–water partition coefficient (Wildman–Crippen LogP) is 3.76. The molecule has 1 aromatic heterocycles. The third kappa shape index (κ3) is 3.23. The Kier molecular flexibility index (Phi) is 3.87. The molecule has 1 unspecified atom stereocenters. The number of ketones is 1. The fraction of sp³-hybridized carbons (Fsp3) is 0.375. The lowest BCUT2D eigenvalue weighted by atomic mass is 9.96. The average Bonchev–Trinajstić information content (AvgIpc) is 2.81. The van der Waals surface area contributed by atoms with Crippen molar-refractivity contribution < 1.29 is 22.5 Å². The predicted molar refractivity (Wildman–Crippen MR) is 78.0 cm³/mol. The van der Waals surface area contributed by atoms with E-state index >= 15 is 0 Å². The second kappa shape index (κ2) is 5.72. The summed E-state index contributed by atoms with van der Waals surface area (Å²) in [4.78, 5) is 11.4. The van der Waals surface area contributed by atoms with Gasteiger partial charge in [0, 0.05) is 29.8 Å². The van der Waals surface area contributed by atoms with Crippen LogP contribution >= 0.6 is 0 Å². The number of anilines is 1. The molecule has 0 saturated carbocycles. The molecular formula is C16H15F3N2O2. The number of nitrogens with one attached hydrogen (secondary N) is 1. The van der Waals surface area contributed by atoms with Crippen LogP contribution in [0.5, 0.6) is 0 Å². The molecular weight excluding hydrogens is 309 g/mol. The number of aromatic nitrogens is 1. The van der Waals surface area contributed by atoms with Crippen molar-refractivity contribution in [3.63, 3.8) is 0 Å². The molecule has 0 radical (unpaired) electrons. The fourth-order valence-corrected chi connectivity index (χ4v) is 2.75. The summed E-state index contributed by atoms with van der Waals surface area (Å²) in [6.45, 7) is 1.78. The molecule has 122 valence electrons. The smallest absolute Gasteiger partial charge is 0.384 e. The van der Waals surface area contributed by atoms with Gasteiger partial charge >= 0.3 is 6.18 Å². The summed E-state index contributed by atoms with van der Waals surface area (Å²) >= 11 is 0. The second-order valence-electron chi connectivity index (χ2n) is 5.67. The number of fused-ring (bicyclic) bond motifs is 1. The van der Waals surface area contributed by atoms with Gasteiger partial charge in [-0.1, -0.05) is 11.2 Å². The summed E-state index contributed by atoms with van der Waals surface area (Å²) in [5.41, 5.74) is 3.15. The highest BCUT2D eigenvalue weighted by molar-refractivity contribution is 5.87. The van der Waals surface area contributed by atoms with Gasteiger partial charge in [-0.25, -0.2) is 0 Å². The molecule has 4 nitrogen and oxygen atoms in total. The maximum atomic E-state index is 12.6. The minimum atomic E-state index is -4.79. The number of carbonyl (C=O) groups excluding carboxylic acids is 1. The molecule has 7 heteroatoms. The van der Waals surface area contributed by atoms with E-state index < -0.39 is 17.9 Å². The van der Waals surface area contributed by atoms with Gasteiger partial charge < -0.3 is 9.84 Å². The van der Waals surface area contributed by atoms with E-state index in [-0.39, 0.29) is 13.0 Å². The van der Waals surface area contributed by atoms with Gasteiger partial charge in [-0.05, 0) is 37.5 Å². The Morgan fingerprint density at radius 3 is 2.78 bits per heavy atom. The molecule has 2 heterocycles. The van der Waals surface area contributed by atoms with Crippen LogP contribution in [-0.2, 0) is 11.2 Å². The van der Waals surface area contributed by atoms with Gasteiger partial charge in [0.25, 0.3) is 0 Å². The number of hydrogen-bond donors (Lipinski definition) is 1.